The molecule has 0 heterocycles. The lowest BCUT2D eigenvalue weighted by molar-refractivity contribution is 0.195. The first-order valence-corrected chi connectivity index (χ1v) is 6.14. The van der Waals surface area contributed by atoms with Crippen LogP contribution < -0.4 is 5.73 Å². The van der Waals surface area contributed by atoms with Gasteiger partial charge in [-0.05, 0) is 52.2 Å². The summed E-state index contributed by atoms with van der Waals surface area (Å²) in [4.78, 5) is 2.43. The quantitative estimate of drug-likeness (QED) is 0.636. The zero-order valence-electron chi connectivity index (χ0n) is 9.89. The minimum Gasteiger partial charge on any atom is -0.325 e. The van der Waals surface area contributed by atoms with E-state index in [9.17, 15) is 0 Å². The molecule has 0 atom stereocenters. The molecule has 2 heteroatoms. The van der Waals surface area contributed by atoms with Crippen LogP contribution in [0.3, 0.4) is 0 Å². The Morgan fingerprint density at radius 2 is 1.93 bits per heavy atom. The lowest BCUT2D eigenvalue weighted by atomic mass is 9.75. The Bertz CT molecular complexity index is 152. The van der Waals surface area contributed by atoms with Crippen molar-refractivity contribution in [1.29, 1.82) is 0 Å². The molecular formula is C12H26N2. The van der Waals surface area contributed by atoms with E-state index >= 15 is 0 Å². The summed E-state index contributed by atoms with van der Waals surface area (Å²) in [6, 6.07) is 0. The fourth-order valence-corrected chi connectivity index (χ4v) is 2.04. The molecule has 0 spiro atoms. The molecule has 0 saturated heterocycles. The van der Waals surface area contributed by atoms with Crippen molar-refractivity contribution in [2.75, 3.05) is 20.1 Å². The van der Waals surface area contributed by atoms with Crippen LogP contribution in [-0.2, 0) is 0 Å². The first-order valence-electron chi connectivity index (χ1n) is 6.14. The van der Waals surface area contributed by atoms with Crippen molar-refractivity contribution in [2.24, 2.45) is 5.73 Å². The number of nitrogens with two attached hydrogens (primary N) is 1. The first kappa shape index (κ1) is 12.0. The van der Waals surface area contributed by atoms with Crippen molar-refractivity contribution in [2.45, 2.75) is 57.4 Å². The third-order valence-electron chi connectivity index (χ3n) is 3.48. The summed E-state index contributed by atoms with van der Waals surface area (Å²) in [7, 11) is 2.22. The van der Waals surface area contributed by atoms with Crippen molar-refractivity contribution < 1.29 is 0 Å². The summed E-state index contributed by atoms with van der Waals surface area (Å²) < 4.78 is 0. The van der Waals surface area contributed by atoms with E-state index in [0.717, 1.165) is 0 Å². The van der Waals surface area contributed by atoms with Gasteiger partial charge in [-0.2, -0.15) is 0 Å². The molecule has 2 nitrogen and oxygen atoms in total. The lowest BCUT2D eigenvalue weighted by Gasteiger charge is -2.39. The SMILES string of the molecule is CCCCCN(C)CCC1(N)CCC1. The molecule has 0 aromatic heterocycles. The summed E-state index contributed by atoms with van der Waals surface area (Å²) in [6.07, 6.45) is 9.04. The maximum absolute atomic E-state index is 6.18. The second-order valence-corrected chi connectivity index (χ2v) is 4.98. The van der Waals surface area contributed by atoms with Crippen LogP contribution in [0.2, 0.25) is 0 Å². The molecule has 1 fully saturated rings. The fourth-order valence-electron chi connectivity index (χ4n) is 2.04. The van der Waals surface area contributed by atoms with E-state index in [1.54, 1.807) is 0 Å². The van der Waals surface area contributed by atoms with Crippen LogP contribution in [0.1, 0.15) is 51.9 Å². The van der Waals surface area contributed by atoms with Gasteiger partial charge in [0.15, 0.2) is 0 Å². The highest BCUT2D eigenvalue weighted by Crippen LogP contribution is 2.31. The average molecular weight is 198 g/mol. The Morgan fingerprint density at radius 3 is 2.43 bits per heavy atom. The third-order valence-corrected chi connectivity index (χ3v) is 3.48. The molecule has 1 aliphatic rings. The van der Waals surface area contributed by atoms with Gasteiger partial charge in [0.25, 0.3) is 0 Å². The van der Waals surface area contributed by atoms with E-state index in [1.165, 1.54) is 58.0 Å². The van der Waals surface area contributed by atoms with Gasteiger partial charge >= 0.3 is 0 Å². The zero-order valence-corrected chi connectivity index (χ0v) is 9.89. The second kappa shape index (κ2) is 5.72. The Hall–Kier alpha value is -0.0800. The fraction of sp³-hybridized carbons (Fsp3) is 1.00. The van der Waals surface area contributed by atoms with Gasteiger partial charge in [-0.3, -0.25) is 0 Å². The van der Waals surface area contributed by atoms with Crippen molar-refractivity contribution in [3.05, 3.63) is 0 Å². The molecule has 2 N–H and O–H groups in total. The highest BCUT2D eigenvalue weighted by atomic mass is 15.1. The van der Waals surface area contributed by atoms with Gasteiger partial charge in [-0.25, -0.2) is 0 Å². The summed E-state index contributed by atoms with van der Waals surface area (Å²) >= 11 is 0. The van der Waals surface area contributed by atoms with Crippen LogP contribution in [0.25, 0.3) is 0 Å². The molecule has 84 valence electrons. The maximum atomic E-state index is 6.18. The summed E-state index contributed by atoms with van der Waals surface area (Å²) in [5.74, 6) is 0. The lowest BCUT2D eigenvalue weighted by Crippen LogP contribution is -2.48. The molecule has 1 rings (SSSR count). The van der Waals surface area contributed by atoms with Gasteiger partial charge in [-0.1, -0.05) is 19.8 Å². The van der Waals surface area contributed by atoms with Crippen LogP contribution in [0, 0.1) is 0 Å². The number of unbranched alkanes of at least 4 members (excludes halogenated alkanes) is 2. The molecule has 14 heavy (non-hydrogen) atoms. The predicted molar refractivity (Wildman–Crippen MR) is 62.4 cm³/mol. The predicted octanol–water partition coefficient (Wildman–Crippen LogP) is 2.38. The molecular weight excluding hydrogens is 172 g/mol. The molecule has 0 amide bonds. The number of rotatable bonds is 7. The largest absolute Gasteiger partial charge is 0.325 e. The molecule has 1 saturated carbocycles. The Balaban J connectivity index is 1.99. The average Bonchev–Trinajstić information content (AvgIpc) is 2.12. The molecule has 0 aliphatic heterocycles. The molecule has 0 bridgehead atoms. The molecule has 1 aliphatic carbocycles. The van der Waals surface area contributed by atoms with Crippen LogP contribution >= 0.6 is 0 Å². The first-order chi connectivity index (χ1) is 6.66. The number of nitrogens with zero attached hydrogens (tertiary/aromatic N) is 1. The highest BCUT2D eigenvalue weighted by Gasteiger charge is 2.31. The number of hydrogen-bond acceptors (Lipinski definition) is 2. The van der Waals surface area contributed by atoms with Crippen molar-refractivity contribution in [3.63, 3.8) is 0 Å². The third kappa shape index (κ3) is 3.97. The zero-order chi connectivity index (χ0) is 10.4. The van der Waals surface area contributed by atoms with Gasteiger partial charge in [0.05, 0.1) is 0 Å². The van der Waals surface area contributed by atoms with Gasteiger partial charge in [0.1, 0.15) is 0 Å². The standard InChI is InChI=1S/C12H26N2/c1-3-4-5-10-14(2)11-9-12(13)7-6-8-12/h3-11,13H2,1-2H3. The van der Waals surface area contributed by atoms with E-state index in [2.05, 4.69) is 18.9 Å². The minimum atomic E-state index is 0.207. The normalized spacial score (nSPS) is 19.7. The van der Waals surface area contributed by atoms with Gasteiger partial charge in [0.2, 0.25) is 0 Å². The molecule has 0 radical (unpaired) electrons. The van der Waals surface area contributed by atoms with Crippen LogP contribution in [0.15, 0.2) is 0 Å². The number of hydrogen-bond donors (Lipinski definition) is 1. The minimum absolute atomic E-state index is 0.207. The van der Waals surface area contributed by atoms with Gasteiger partial charge in [0, 0.05) is 5.54 Å². The molecule has 0 unspecified atom stereocenters. The van der Waals surface area contributed by atoms with E-state index in [1.807, 2.05) is 0 Å². The van der Waals surface area contributed by atoms with Crippen LogP contribution in [0.5, 0.6) is 0 Å². The maximum Gasteiger partial charge on any atom is 0.0166 e. The monoisotopic (exact) mass is 198 g/mol. The van der Waals surface area contributed by atoms with Crippen molar-refractivity contribution in [3.8, 4) is 0 Å². The Morgan fingerprint density at radius 1 is 1.21 bits per heavy atom. The summed E-state index contributed by atoms with van der Waals surface area (Å²) in [5.41, 5.74) is 6.39. The van der Waals surface area contributed by atoms with E-state index in [-0.39, 0.29) is 5.54 Å². The van der Waals surface area contributed by atoms with E-state index < -0.39 is 0 Å². The van der Waals surface area contributed by atoms with E-state index in [0.29, 0.717) is 0 Å². The van der Waals surface area contributed by atoms with Crippen LogP contribution in [-0.4, -0.2) is 30.6 Å². The van der Waals surface area contributed by atoms with Crippen molar-refractivity contribution in [1.82, 2.24) is 4.90 Å². The highest BCUT2D eigenvalue weighted by molar-refractivity contribution is 4.92. The summed E-state index contributed by atoms with van der Waals surface area (Å²) in [6.45, 7) is 4.67. The van der Waals surface area contributed by atoms with Gasteiger partial charge < -0.3 is 10.6 Å². The van der Waals surface area contributed by atoms with Crippen LogP contribution in [0.4, 0.5) is 0 Å². The van der Waals surface area contributed by atoms with E-state index in [4.69, 9.17) is 5.73 Å². The molecule has 0 aromatic rings. The molecule has 0 aromatic carbocycles. The second-order valence-electron chi connectivity index (χ2n) is 4.98. The smallest absolute Gasteiger partial charge is 0.0166 e. The Labute approximate surface area is 88.8 Å². The topological polar surface area (TPSA) is 29.3 Å². The van der Waals surface area contributed by atoms with Crippen molar-refractivity contribution >= 4 is 0 Å². The van der Waals surface area contributed by atoms with Gasteiger partial charge in [-0.15, -0.1) is 0 Å². The summed E-state index contributed by atoms with van der Waals surface area (Å²) in [5, 5.41) is 0. The Kier molecular flexibility index (Phi) is 4.90.